The molecule has 0 amide bonds. The first-order chi connectivity index (χ1) is 11.9. The average Bonchev–Trinajstić information content (AvgIpc) is 2.62. The van der Waals surface area contributed by atoms with E-state index in [0.29, 0.717) is 21.4 Å². The van der Waals surface area contributed by atoms with Crippen LogP contribution in [-0.2, 0) is 14.1 Å². The van der Waals surface area contributed by atoms with Crippen LogP contribution in [-0.4, -0.2) is 24.9 Å². The Hall–Kier alpha value is -2.63. The summed E-state index contributed by atoms with van der Waals surface area (Å²) >= 11 is 7.04. The van der Waals surface area contributed by atoms with E-state index in [2.05, 4.69) is 9.97 Å². The van der Waals surface area contributed by atoms with E-state index in [4.69, 9.17) is 16.9 Å². The maximum atomic E-state index is 12.5. The zero-order valence-corrected chi connectivity index (χ0v) is 14.9. The highest BCUT2D eigenvalue weighted by Crippen LogP contribution is 2.26. The van der Waals surface area contributed by atoms with E-state index in [0.717, 1.165) is 16.3 Å². The summed E-state index contributed by atoms with van der Waals surface area (Å²) in [6, 6.07) is 8.93. The van der Waals surface area contributed by atoms with Crippen LogP contribution >= 0.6 is 23.4 Å². The van der Waals surface area contributed by atoms with E-state index >= 15 is 0 Å². The first kappa shape index (κ1) is 17.2. The molecule has 0 fully saturated rings. The maximum Gasteiger partial charge on any atom is 0.332 e. The van der Waals surface area contributed by atoms with Crippen molar-refractivity contribution in [3.05, 3.63) is 50.1 Å². The molecular formula is C16H12ClN5O2S. The van der Waals surface area contributed by atoms with Crippen molar-refractivity contribution in [1.29, 1.82) is 5.26 Å². The molecule has 9 heteroatoms. The molecule has 0 spiro atoms. The third kappa shape index (κ3) is 3.04. The van der Waals surface area contributed by atoms with Gasteiger partial charge in [0.15, 0.2) is 11.5 Å². The predicted octanol–water partition coefficient (Wildman–Crippen LogP) is 1.96. The van der Waals surface area contributed by atoms with E-state index in [1.807, 2.05) is 6.07 Å². The van der Waals surface area contributed by atoms with Gasteiger partial charge in [-0.2, -0.15) is 5.26 Å². The summed E-state index contributed by atoms with van der Waals surface area (Å²) in [4.78, 5) is 33.6. The lowest BCUT2D eigenvalue weighted by molar-refractivity contribution is 0.703. The van der Waals surface area contributed by atoms with E-state index in [-0.39, 0.29) is 16.8 Å². The minimum atomic E-state index is -0.485. The molecule has 0 atom stereocenters. The smallest absolute Gasteiger partial charge is 0.280 e. The van der Waals surface area contributed by atoms with Crippen LogP contribution in [0.15, 0.2) is 38.9 Å². The summed E-state index contributed by atoms with van der Waals surface area (Å²) in [7, 11) is 2.94. The highest BCUT2D eigenvalue weighted by atomic mass is 35.5. The molecule has 2 heterocycles. The molecule has 3 aromatic rings. The minimum absolute atomic E-state index is 0.123. The van der Waals surface area contributed by atoms with Crippen molar-refractivity contribution in [3.63, 3.8) is 0 Å². The van der Waals surface area contributed by atoms with E-state index in [1.54, 1.807) is 31.3 Å². The van der Waals surface area contributed by atoms with Crippen molar-refractivity contribution in [2.75, 3.05) is 5.75 Å². The quantitative estimate of drug-likeness (QED) is 0.514. The first-order valence-electron chi connectivity index (χ1n) is 7.17. The molecule has 0 unspecified atom stereocenters. The van der Waals surface area contributed by atoms with Crippen LogP contribution in [0.5, 0.6) is 0 Å². The van der Waals surface area contributed by atoms with Gasteiger partial charge in [0.05, 0.1) is 11.8 Å². The zero-order chi connectivity index (χ0) is 18.1. The van der Waals surface area contributed by atoms with Crippen LogP contribution in [0.3, 0.4) is 0 Å². The number of aryl methyl sites for hydroxylation is 1. The second kappa shape index (κ2) is 6.70. The summed E-state index contributed by atoms with van der Waals surface area (Å²) in [6.07, 6.45) is 0. The Morgan fingerprint density at radius 2 is 1.84 bits per heavy atom. The summed E-state index contributed by atoms with van der Waals surface area (Å²) in [5, 5.41) is 10.0. The van der Waals surface area contributed by atoms with Crippen molar-refractivity contribution in [3.8, 4) is 17.5 Å². The monoisotopic (exact) mass is 373 g/mol. The van der Waals surface area contributed by atoms with Gasteiger partial charge >= 0.3 is 5.69 Å². The molecule has 0 bridgehead atoms. The van der Waals surface area contributed by atoms with Gasteiger partial charge in [0.25, 0.3) is 5.56 Å². The number of hydrogen-bond acceptors (Lipinski definition) is 6. The number of rotatable bonds is 3. The predicted molar refractivity (Wildman–Crippen MR) is 96.8 cm³/mol. The fourth-order valence-electron chi connectivity index (χ4n) is 2.36. The SMILES string of the molecule is Cn1c(=O)c2c(SCC#N)nc(-c3ccc(Cl)cc3)nc2n(C)c1=O. The number of aromatic nitrogens is 4. The summed E-state index contributed by atoms with van der Waals surface area (Å²) in [6.45, 7) is 0. The van der Waals surface area contributed by atoms with Crippen LogP contribution in [0.25, 0.3) is 22.4 Å². The van der Waals surface area contributed by atoms with Crippen molar-refractivity contribution < 1.29 is 0 Å². The molecule has 0 N–H and O–H groups in total. The average molecular weight is 374 g/mol. The van der Waals surface area contributed by atoms with Gasteiger partial charge in [0.2, 0.25) is 0 Å². The molecule has 126 valence electrons. The lowest BCUT2D eigenvalue weighted by Crippen LogP contribution is -2.37. The van der Waals surface area contributed by atoms with Crippen LogP contribution in [0.1, 0.15) is 0 Å². The number of fused-ring (bicyclic) bond motifs is 1. The van der Waals surface area contributed by atoms with Crippen LogP contribution in [0.4, 0.5) is 0 Å². The first-order valence-corrected chi connectivity index (χ1v) is 8.54. The second-order valence-corrected chi connectivity index (χ2v) is 6.61. The minimum Gasteiger partial charge on any atom is -0.280 e. The number of benzene rings is 1. The molecule has 7 nitrogen and oxygen atoms in total. The fourth-order valence-corrected chi connectivity index (χ4v) is 3.16. The van der Waals surface area contributed by atoms with Gasteiger partial charge in [-0.05, 0) is 24.3 Å². The third-order valence-corrected chi connectivity index (χ3v) is 4.74. The molecule has 25 heavy (non-hydrogen) atoms. The Balaban J connectivity index is 2.39. The Morgan fingerprint density at radius 1 is 1.16 bits per heavy atom. The van der Waals surface area contributed by atoms with Crippen molar-refractivity contribution >= 4 is 34.4 Å². The molecule has 3 rings (SSSR count). The maximum absolute atomic E-state index is 12.5. The van der Waals surface area contributed by atoms with Crippen LogP contribution < -0.4 is 11.2 Å². The zero-order valence-electron chi connectivity index (χ0n) is 13.4. The summed E-state index contributed by atoms with van der Waals surface area (Å²) in [5.74, 6) is 0.478. The molecule has 0 aliphatic rings. The van der Waals surface area contributed by atoms with Crippen molar-refractivity contribution in [2.45, 2.75) is 5.03 Å². The molecule has 1 aromatic carbocycles. The van der Waals surface area contributed by atoms with Crippen molar-refractivity contribution in [1.82, 2.24) is 19.1 Å². The molecule has 0 saturated heterocycles. The molecule has 0 radical (unpaired) electrons. The van der Waals surface area contributed by atoms with Crippen LogP contribution in [0, 0.1) is 11.3 Å². The highest BCUT2D eigenvalue weighted by molar-refractivity contribution is 7.99. The number of hydrogen-bond donors (Lipinski definition) is 0. The van der Waals surface area contributed by atoms with E-state index in [1.165, 1.54) is 11.6 Å². The Labute approximate surface area is 151 Å². The van der Waals surface area contributed by atoms with Gasteiger partial charge in [-0.1, -0.05) is 23.4 Å². The molecule has 0 saturated carbocycles. The lowest BCUT2D eigenvalue weighted by atomic mass is 10.2. The van der Waals surface area contributed by atoms with Gasteiger partial charge in [0.1, 0.15) is 10.4 Å². The number of nitrogens with zero attached hydrogens (tertiary/aromatic N) is 5. The fraction of sp³-hybridized carbons (Fsp3) is 0.188. The van der Waals surface area contributed by atoms with Crippen molar-refractivity contribution in [2.24, 2.45) is 14.1 Å². The van der Waals surface area contributed by atoms with Gasteiger partial charge in [-0.3, -0.25) is 13.9 Å². The van der Waals surface area contributed by atoms with E-state index in [9.17, 15) is 9.59 Å². The summed E-state index contributed by atoms with van der Waals surface area (Å²) in [5.41, 5.74) is -0.0394. The van der Waals surface area contributed by atoms with Gasteiger partial charge < -0.3 is 0 Å². The lowest BCUT2D eigenvalue weighted by Gasteiger charge is -2.11. The summed E-state index contributed by atoms with van der Waals surface area (Å²) < 4.78 is 2.30. The number of nitriles is 1. The molecular weight excluding hydrogens is 362 g/mol. The van der Waals surface area contributed by atoms with Crippen LogP contribution in [0.2, 0.25) is 5.02 Å². The molecule has 0 aliphatic heterocycles. The Morgan fingerprint density at radius 3 is 2.48 bits per heavy atom. The Kier molecular flexibility index (Phi) is 4.61. The second-order valence-electron chi connectivity index (χ2n) is 5.21. The standard InChI is InChI=1S/C16H12ClN5O2S/c1-21-13-11(15(23)22(2)16(21)24)14(25-8-7-18)20-12(19-13)9-3-5-10(17)6-4-9/h3-6H,8H2,1-2H3. The molecule has 2 aromatic heterocycles. The van der Waals surface area contributed by atoms with Gasteiger partial charge in [-0.25, -0.2) is 14.8 Å². The largest absolute Gasteiger partial charge is 0.332 e. The topological polar surface area (TPSA) is 93.6 Å². The Bertz CT molecular complexity index is 1130. The normalized spacial score (nSPS) is 10.8. The third-order valence-electron chi connectivity index (χ3n) is 3.64. The highest BCUT2D eigenvalue weighted by Gasteiger charge is 2.18. The number of thioether (sulfide) groups is 1. The molecule has 0 aliphatic carbocycles. The number of halogens is 1. The van der Waals surface area contributed by atoms with Gasteiger partial charge in [-0.15, -0.1) is 0 Å². The van der Waals surface area contributed by atoms with Gasteiger partial charge in [0, 0.05) is 24.7 Å². The van der Waals surface area contributed by atoms with E-state index < -0.39 is 11.2 Å².